The lowest BCUT2D eigenvalue weighted by Crippen LogP contribution is -2.30. The van der Waals surface area contributed by atoms with Crippen LogP contribution in [0.15, 0.2) is 31.0 Å². The fraction of sp³-hybridized carbons (Fsp3) is 0.100. The Kier molecular flexibility index (Phi) is 3.86. The van der Waals surface area contributed by atoms with Crippen LogP contribution < -0.4 is 11.3 Å². The third-order valence-electron chi connectivity index (χ3n) is 2.19. The molecule has 0 radical (unpaired) electrons. The van der Waals surface area contributed by atoms with Crippen LogP contribution >= 0.6 is 23.2 Å². The van der Waals surface area contributed by atoms with Gasteiger partial charge >= 0.3 is 0 Å². The molecular weight excluding hydrogens is 261 g/mol. The first-order valence-corrected chi connectivity index (χ1v) is 5.50. The zero-order valence-corrected chi connectivity index (χ0v) is 10.2. The number of pyridine rings is 1. The molecule has 0 spiro atoms. The van der Waals surface area contributed by atoms with Gasteiger partial charge in [0.25, 0.3) is 0 Å². The Morgan fingerprint density at radius 3 is 2.47 bits per heavy atom. The van der Waals surface area contributed by atoms with E-state index in [0.29, 0.717) is 15.7 Å². The van der Waals surface area contributed by atoms with Crippen molar-refractivity contribution in [1.82, 2.24) is 20.4 Å². The van der Waals surface area contributed by atoms with Crippen molar-refractivity contribution < 1.29 is 0 Å². The lowest BCUT2D eigenvalue weighted by atomic mass is 10.1. The molecule has 0 aliphatic heterocycles. The molecule has 0 fully saturated rings. The van der Waals surface area contributed by atoms with E-state index in [4.69, 9.17) is 29.0 Å². The second-order valence-corrected chi connectivity index (χ2v) is 4.14. The lowest BCUT2D eigenvalue weighted by molar-refractivity contribution is 0.616. The third kappa shape index (κ3) is 2.70. The number of nitrogens with zero attached hydrogens (tertiary/aromatic N) is 3. The minimum absolute atomic E-state index is 0.374. The van der Waals surface area contributed by atoms with Crippen LogP contribution in [0.3, 0.4) is 0 Å². The molecule has 0 aliphatic rings. The van der Waals surface area contributed by atoms with E-state index >= 15 is 0 Å². The summed E-state index contributed by atoms with van der Waals surface area (Å²) in [5.41, 5.74) is 3.97. The van der Waals surface area contributed by atoms with Crippen molar-refractivity contribution in [3.63, 3.8) is 0 Å². The zero-order chi connectivity index (χ0) is 12.3. The van der Waals surface area contributed by atoms with Crippen molar-refractivity contribution in [3.8, 4) is 0 Å². The molecule has 7 heteroatoms. The standard InChI is InChI=1S/C10H9Cl2N5/c11-7-1-8(12)10(16-4-7)9(17-13)6-2-14-5-15-3-6/h1-5,9,17H,13H2. The topological polar surface area (TPSA) is 76.7 Å². The van der Waals surface area contributed by atoms with Crippen LogP contribution in [0.5, 0.6) is 0 Å². The van der Waals surface area contributed by atoms with Crippen LogP contribution in [0.1, 0.15) is 17.3 Å². The lowest BCUT2D eigenvalue weighted by Gasteiger charge is -2.16. The highest BCUT2D eigenvalue weighted by atomic mass is 35.5. The van der Waals surface area contributed by atoms with Gasteiger partial charge in [-0.3, -0.25) is 10.8 Å². The first kappa shape index (κ1) is 12.2. The summed E-state index contributed by atoms with van der Waals surface area (Å²) in [5.74, 6) is 5.51. The molecule has 0 saturated heterocycles. The largest absolute Gasteiger partial charge is 0.271 e. The number of hydrogen-bond donors (Lipinski definition) is 2. The molecule has 0 aliphatic carbocycles. The molecular formula is C10H9Cl2N5. The van der Waals surface area contributed by atoms with Gasteiger partial charge in [-0.2, -0.15) is 0 Å². The normalized spacial score (nSPS) is 12.4. The maximum atomic E-state index is 6.07. The molecule has 2 rings (SSSR count). The van der Waals surface area contributed by atoms with Gasteiger partial charge in [-0.05, 0) is 6.07 Å². The number of halogens is 2. The summed E-state index contributed by atoms with van der Waals surface area (Å²) >= 11 is 11.9. The average molecular weight is 270 g/mol. The molecule has 0 bridgehead atoms. The summed E-state index contributed by atoms with van der Waals surface area (Å²) in [7, 11) is 0. The maximum absolute atomic E-state index is 6.07. The SMILES string of the molecule is NNC(c1cncnc1)c1ncc(Cl)cc1Cl. The second-order valence-electron chi connectivity index (χ2n) is 3.29. The minimum atomic E-state index is -0.374. The summed E-state index contributed by atoms with van der Waals surface area (Å²) < 4.78 is 0. The highest BCUT2D eigenvalue weighted by molar-refractivity contribution is 6.34. The van der Waals surface area contributed by atoms with E-state index < -0.39 is 0 Å². The fourth-order valence-electron chi connectivity index (χ4n) is 1.43. The molecule has 2 aromatic rings. The van der Waals surface area contributed by atoms with Gasteiger partial charge in [-0.1, -0.05) is 23.2 Å². The highest BCUT2D eigenvalue weighted by Gasteiger charge is 2.17. The van der Waals surface area contributed by atoms with E-state index in [-0.39, 0.29) is 6.04 Å². The quantitative estimate of drug-likeness (QED) is 0.656. The molecule has 17 heavy (non-hydrogen) atoms. The molecule has 5 nitrogen and oxygen atoms in total. The molecule has 2 aromatic heterocycles. The Labute approximate surface area is 108 Å². The van der Waals surface area contributed by atoms with Gasteiger partial charge < -0.3 is 0 Å². The second kappa shape index (κ2) is 5.37. The monoisotopic (exact) mass is 269 g/mol. The van der Waals surface area contributed by atoms with E-state index in [0.717, 1.165) is 5.56 Å². The molecule has 1 atom stereocenters. The van der Waals surface area contributed by atoms with E-state index in [9.17, 15) is 0 Å². The Hall–Kier alpha value is -1.27. The summed E-state index contributed by atoms with van der Waals surface area (Å²) in [6.45, 7) is 0. The smallest absolute Gasteiger partial charge is 0.115 e. The van der Waals surface area contributed by atoms with Gasteiger partial charge in [-0.25, -0.2) is 15.4 Å². The van der Waals surface area contributed by atoms with Gasteiger partial charge in [0.05, 0.1) is 21.8 Å². The fourth-order valence-corrected chi connectivity index (χ4v) is 1.92. The number of hydrogen-bond acceptors (Lipinski definition) is 5. The molecule has 0 saturated carbocycles. The Morgan fingerprint density at radius 1 is 1.18 bits per heavy atom. The van der Waals surface area contributed by atoms with Crippen LogP contribution in [0.25, 0.3) is 0 Å². The van der Waals surface area contributed by atoms with E-state index in [1.165, 1.54) is 12.5 Å². The summed E-state index contributed by atoms with van der Waals surface area (Å²) in [6.07, 6.45) is 6.24. The average Bonchev–Trinajstić information content (AvgIpc) is 2.34. The van der Waals surface area contributed by atoms with E-state index in [1.54, 1.807) is 18.5 Å². The number of rotatable bonds is 3. The molecule has 1 unspecified atom stereocenters. The number of hydrazine groups is 1. The van der Waals surface area contributed by atoms with Crippen LogP contribution in [0.2, 0.25) is 10.0 Å². The van der Waals surface area contributed by atoms with Crippen molar-refractivity contribution in [1.29, 1.82) is 0 Å². The number of aromatic nitrogens is 3. The maximum Gasteiger partial charge on any atom is 0.115 e. The number of nitrogens with one attached hydrogen (secondary N) is 1. The summed E-state index contributed by atoms with van der Waals surface area (Å²) in [4.78, 5) is 12.0. The molecule has 2 heterocycles. The van der Waals surface area contributed by atoms with Gasteiger partial charge in [0, 0.05) is 24.2 Å². The summed E-state index contributed by atoms with van der Waals surface area (Å²) in [6, 6.07) is 1.24. The predicted octanol–water partition coefficient (Wildman–Crippen LogP) is 1.73. The Morgan fingerprint density at radius 2 is 1.88 bits per heavy atom. The van der Waals surface area contributed by atoms with Crippen molar-refractivity contribution in [2.45, 2.75) is 6.04 Å². The highest BCUT2D eigenvalue weighted by Crippen LogP contribution is 2.27. The van der Waals surface area contributed by atoms with Crippen LogP contribution in [-0.2, 0) is 0 Å². The Balaban J connectivity index is 2.42. The predicted molar refractivity (Wildman–Crippen MR) is 65.5 cm³/mol. The third-order valence-corrected chi connectivity index (χ3v) is 2.70. The molecule has 3 N–H and O–H groups in total. The van der Waals surface area contributed by atoms with Gasteiger partial charge in [0.1, 0.15) is 6.33 Å². The van der Waals surface area contributed by atoms with E-state index in [2.05, 4.69) is 20.4 Å². The zero-order valence-electron chi connectivity index (χ0n) is 8.64. The number of nitrogens with two attached hydrogens (primary N) is 1. The van der Waals surface area contributed by atoms with Crippen LogP contribution in [0, 0.1) is 0 Å². The van der Waals surface area contributed by atoms with Gasteiger partial charge in [0.15, 0.2) is 0 Å². The van der Waals surface area contributed by atoms with Crippen LogP contribution in [-0.4, -0.2) is 15.0 Å². The van der Waals surface area contributed by atoms with Crippen molar-refractivity contribution >= 4 is 23.2 Å². The first-order chi connectivity index (χ1) is 8.22. The van der Waals surface area contributed by atoms with Crippen molar-refractivity contribution in [2.75, 3.05) is 0 Å². The summed E-state index contributed by atoms with van der Waals surface area (Å²) in [5, 5.41) is 0.906. The molecule has 0 amide bonds. The minimum Gasteiger partial charge on any atom is -0.271 e. The Bertz CT molecular complexity index is 505. The van der Waals surface area contributed by atoms with Gasteiger partial charge in [-0.15, -0.1) is 0 Å². The van der Waals surface area contributed by atoms with Gasteiger partial charge in [0.2, 0.25) is 0 Å². The van der Waals surface area contributed by atoms with E-state index in [1.807, 2.05) is 0 Å². The molecule has 88 valence electrons. The van der Waals surface area contributed by atoms with Crippen molar-refractivity contribution in [3.05, 3.63) is 52.3 Å². The first-order valence-electron chi connectivity index (χ1n) is 4.74. The van der Waals surface area contributed by atoms with Crippen molar-refractivity contribution in [2.24, 2.45) is 5.84 Å². The van der Waals surface area contributed by atoms with Crippen LogP contribution in [0.4, 0.5) is 0 Å². The molecule has 0 aromatic carbocycles.